The van der Waals surface area contributed by atoms with Crippen LogP contribution in [0.2, 0.25) is 0 Å². The second-order valence-electron chi connectivity index (χ2n) is 4.80. The number of hydrogen-bond acceptors (Lipinski definition) is 4. The maximum atomic E-state index is 13.7. The van der Waals surface area contributed by atoms with E-state index in [-0.39, 0.29) is 17.5 Å². The Balaban J connectivity index is 2.77. The Labute approximate surface area is 165 Å². The highest BCUT2D eigenvalue weighted by Gasteiger charge is 2.50. The molecule has 1 heterocycles. The van der Waals surface area contributed by atoms with Crippen LogP contribution in [0.3, 0.4) is 0 Å². The summed E-state index contributed by atoms with van der Waals surface area (Å²) in [7, 11) is 0. The number of benzene rings is 1. The van der Waals surface area contributed by atoms with Crippen LogP contribution >= 0.6 is 58.4 Å². The fraction of sp³-hybridized carbons (Fsp3) is 0.214. The molecule has 1 aromatic heterocycles. The summed E-state index contributed by atoms with van der Waals surface area (Å²) >= 11 is 22.0. The van der Waals surface area contributed by atoms with Crippen molar-refractivity contribution >= 4 is 58.4 Å². The van der Waals surface area contributed by atoms with Gasteiger partial charge in [-0.2, -0.15) is 9.23 Å². The molecule has 0 aliphatic heterocycles. The summed E-state index contributed by atoms with van der Waals surface area (Å²) in [4.78, 5) is 25.0. The lowest BCUT2D eigenvalue weighted by atomic mass is 10.2. The topological polar surface area (TPSA) is 67.8 Å². The van der Waals surface area contributed by atoms with Crippen molar-refractivity contribution in [3.63, 3.8) is 0 Å². The van der Waals surface area contributed by atoms with Crippen LogP contribution in [0, 0.1) is 18.3 Å². The van der Waals surface area contributed by atoms with Crippen LogP contribution < -0.4 is 11.2 Å². The van der Waals surface area contributed by atoms with E-state index in [0.717, 1.165) is 10.8 Å². The number of para-hydroxylation sites is 1. The lowest BCUT2D eigenvalue weighted by Crippen LogP contribution is -2.41. The van der Waals surface area contributed by atoms with Gasteiger partial charge in [-0.05, 0) is 18.6 Å². The third-order valence-corrected chi connectivity index (χ3v) is 6.21. The van der Waals surface area contributed by atoms with Crippen molar-refractivity contribution in [1.29, 1.82) is 5.26 Å². The van der Waals surface area contributed by atoms with Gasteiger partial charge in [-0.15, -0.1) is 0 Å². The van der Waals surface area contributed by atoms with Crippen molar-refractivity contribution in [2.24, 2.45) is 0 Å². The van der Waals surface area contributed by atoms with Gasteiger partial charge in [-0.1, -0.05) is 64.6 Å². The molecule has 0 fully saturated rings. The van der Waals surface area contributed by atoms with Crippen LogP contribution in [-0.4, -0.2) is 16.8 Å². The van der Waals surface area contributed by atoms with Crippen molar-refractivity contribution in [2.75, 3.05) is 0 Å². The zero-order valence-electron chi connectivity index (χ0n) is 12.3. The third kappa shape index (κ3) is 3.99. The van der Waals surface area contributed by atoms with Gasteiger partial charge < -0.3 is 0 Å². The Morgan fingerprint density at radius 2 is 1.80 bits per heavy atom. The van der Waals surface area contributed by atoms with Crippen molar-refractivity contribution in [3.8, 4) is 11.8 Å². The molecule has 25 heavy (non-hydrogen) atoms. The first-order chi connectivity index (χ1) is 11.5. The number of halogens is 5. The fourth-order valence-electron chi connectivity index (χ4n) is 1.86. The summed E-state index contributed by atoms with van der Waals surface area (Å²) in [6.45, 7) is 1.73. The van der Waals surface area contributed by atoms with E-state index in [1.165, 1.54) is 0 Å². The number of aryl methyl sites for hydroxylation is 1. The van der Waals surface area contributed by atoms with Crippen molar-refractivity contribution in [3.05, 3.63) is 62.4 Å². The van der Waals surface area contributed by atoms with Crippen LogP contribution in [0.15, 0.2) is 40.1 Å². The molecule has 0 unspecified atom stereocenters. The molecule has 0 radical (unpaired) electrons. The van der Waals surface area contributed by atoms with E-state index in [4.69, 9.17) is 51.7 Å². The van der Waals surface area contributed by atoms with Crippen LogP contribution in [-0.2, 0) is 0 Å². The predicted molar refractivity (Wildman–Crippen MR) is 98.7 cm³/mol. The van der Waals surface area contributed by atoms with Crippen LogP contribution in [0.4, 0.5) is 4.39 Å². The molecular weight excluding hydrogens is 435 g/mol. The SMILES string of the molecule is Cc1ccccc1-n1cc(C#N)c(=O)n(SC(Cl)(Cl)C(F)(Cl)Cl)c1=O. The van der Waals surface area contributed by atoms with Gasteiger partial charge >= 0.3 is 10.3 Å². The number of nitriles is 1. The second kappa shape index (κ2) is 7.22. The van der Waals surface area contributed by atoms with Crippen molar-refractivity contribution in [1.82, 2.24) is 8.54 Å². The van der Waals surface area contributed by atoms with E-state index in [2.05, 4.69) is 0 Å². The summed E-state index contributed by atoms with van der Waals surface area (Å²) in [6, 6.07) is 8.42. The lowest BCUT2D eigenvalue weighted by Gasteiger charge is -2.25. The molecule has 2 rings (SSSR count). The summed E-state index contributed by atoms with van der Waals surface area (Å²) in [5.74, 6) is 0. The zero-order chi connectivity index (χ0) is 19.0. The second-order valence-corrected chi connectivity index (χ2v) is 8.97. The molecule has 0 saturated heterocycles. The molecule has 0 bridgehead atoms. The van der Waals surface area contributed by atoms with Gasteiger partial charge in [0.1, 0.15) is 11.6 Å². The van der Waals surface area contributed by atoms with Gasteiger partial charge in [0.25, 0.3) is 5.56 Å². The molecule has 0 aliphatic carbocycles. The van der Waals surface area contributed by atoms with Crippen LogP contribution in [0.25, 0.3) is 5.69 Å². The largest absolute Gasteiger partial charge is 0.346 e. The smallest absolute Gasteiger partial charge is 0.267 e. The maximum absolute atomic E-state index is 13.7. The number of nitrogens with zero attached hydrogens (tertiary/aromatic N) is 3. The molecular formula is C14H8Cl4FN3O2S. The average Bonchev–Trinajstić information content (AvgIpc) is 2.51. The number of aromatic nitrogens is 2. The number of hydrogen-bond donors (Lipinski definition) is 0. The zero-order valence-corrected chi connectivity index (χ0v) is 16.2. The Morgan fingerprint density at radius 1 is 1.20 bits per heavy atom. The molecule has 0 N–H and O–H groups in total. The normalized spacial score (nSPS) is 12.0. The molecule has 132 valence electrons. The van der Waals surface area contributed by atoms with Crippen molar-refractivity contribution in [2.45, 2.75) is 15.2 Å². The average molecular weight is 443 g/mol. The maximum Gasteiger partial charge on any atom is 0.346 e. The molecule has 11 heteroatoms. The highest BCUT2D eigenvalue weighted by Crippen LogP contribution is 2.51. The Morgan fingerprint density at radius 3 is 2.32 bits per heavy atom. The molecule has 1 aromatic carbocycles. The van der Waals surface area contributed by atoms with Gasteiger partial charge in [-0.3, -0.25) is 9.36 Å². The Kier molecular flexibility index (Phi) is 5.81. The molecule has 0 aliphatic rings. The molecule has 5 nitrogen and oxygen atoms in total. The van der Waals surface area contributed by atoms with Crippen LogP contribution in [0.5, 0.6) is 0 Å². The molecule has 0 spiro atoms. The van der Waals surface area contributed by atoms with Gasteiger partial charge in [0, 0.05) is 18.1 Å². The quantitative estimate of drug-likeness (QED) is 0.673. The monoisotopic (exact) mass is 441 g/mol. The first-order valence-corrected chi connectivity index (χ1v) is 8.77. The first-order valence-electron chi connectivity index (χ1n) is 6.48. The first kappa shape index (κ1) is 20.1. The van der Waals surface area contributed by atoms with E-state index < -0.39 is 19.5 Å². The van der Waals surface area contributed by atoms with Gasteiger partial charge in [0.05, 0.1) is 5.69 Å². The minimum absolute atomic E-state index is 0.0620. The molecule has 0 atom stereocenters. The number of alkyl halides is 5. The lowest BCUT2D eigenvalue weighted by molar-refractivity contribution is 0.400. The van der Waals surface area contributed by atoms with Crippen LogP contribution in [0.1, 0.15) is 11.1 Å². The van der Waals surface area contributed by atoms with Gasteiger partial charge in [-0.25, -0.2) is 9.18 Å². The molecule has 2 aromatic rings. The highest BCUT2D eigenvalue weighted by molar-refractivity contribution is 8.02. The Bertz CT molecular complexity index is 976. The van der Waals surface area contributed by atoms with Gasteiger partial charge in [0.15, 0.2) is 0 Å². The standard InChI is InChI=1S/C14H8Cl4FN3O2S/c1-8-4-2-3-5-10(8)21-7-9(6-20)11(23)22(12(21)24)25-14(17,18)13(15,16)19/h2-5,7H,1H3. The number of rotatable bonds is 4. The minimum atomic E-state index is -3.18. The summed E-state index contributed by atoms with van der Waals surface area (Å²) in [6.07, 6.45) is 1.08. The Hall–Kier alpha value is -1.17. The minimum Gasteiger partial charge on any atom is -0.267 e. The van der Waals surface area contributed by atoms with E-state index >= 15 is 0 Å². The van der Waals surface area contributed by atoms with E-state index in [1.54, 1.807) is 37.3 Å². The summed E-state index contributed by atoms with van der Waals surface area (Å²) < 4.78 is 9.46. The van der Waals surface area contributed by atoms with Gasteiger partial charge in [0.2, 0.25) is 3.67 Å². The highest BCUT2D eigenvalue weighted by atomic mass is 35.5. The predicted octanol–water partition coefficient (Wildman–Crippen LogP) is 3.91. The fourth-order valence-corrected chi connectivity index (χ4v) is 3.16. The van der Waals surface area contributed by atoms with E-state index in [1.807, 2.05) is 0 Å². The summed E-state index contributed by atoms with van der Waals surface area (Å²) in [5.41, 5.74) is -1.21. The van der Waals surface area contributed by atoms with E-state index in [0.29, 0.717) is 15.2 Å². The van der Waals surface area contributed by atoms with E-state index in [9.17, 15) is 14.0 Å². The molecule has 0 saturated carbocycles. The third-order valence-electron chi connectivity index (χ3n) is 3.08. The molecule has 0 amide bonds. The summed E-state index contributed by atoms with van der Waals surface area (Å²) in [5, 5.41) is 9.15. The van der Waals surface area contributed by atoms with Crippen molar-refractivity contribution < 1.29 is 4.39 Å².